The average molecular weight is 212 g/mol. The minimum Gasteiger partial charge on any atom is -0.389 e. The smallest absolute Gasteiger partial charge is 0.0796 e. The number of aliphatic hydroxyl groups excluding tert-OH is 1. The highest BCUT2D eigenvalue weighted by molar-refractivity contribution is 6.31. The Kier molecular flexibility index (Phi) is 2.66. The van der Waals surface area contributed by atoms with Crippen LogP contribution >= 0.6 is 11.6 Å². The third kappa shape index (κ3) is 1.60. The van der Waals surface area contributed by atoms with E-state index >= 15 is 0 Å². The van der Waals surface area contributed by atoms with Gasteiger partial charge in [-0.05, 0) is 25.5 Å². The van der Waals surface area contributed by atoms with Gasteiger partial charge in [0.25, 0.3) is 0 Å². The van der Waals surface area contributed by atoms with E-state index in [1.165, 1.54) is 6.42 Å². The molecule has 1 aliphatic rings. The van der Waals surface area contributed by atoms with Gasteiger partial charge in [-0.2, -0.15) is 0 Å². The zero-order valence-electron chi connectivity index (χ0n) is 8.20. The lowest BCUT2D eigenvalue weighted by molar-refractivity contribution is 0.199. The Morgan fingerprint density at radius 3 is 2.64 bits per heavy atom. The van der Waals surface area contributed by atoms with E-state index < -0.39 is 6.10 Å². The van der Waals surface area contributed by atoms with Crippen LogP contribution in [0.3, 0.4) is 0 Å². The van der Waals surface area contributed by atoms with Crippen LogP contribution in [0.4, 0.5) is 5.69 Å². The maximum absolute atomic E-state index is 9.64. The minimum absolute atomic E-state index is 0.501. The lowest BCUT2D eigenvalue weighted by Gasteiger charge is -2.35. The molecule has 14 heavy (non-hydrogen) atoms. The highest BCUT2D eigenvalue weighted by atomic mass is 35.5. The van der Waals surface area contributed by atoms with Gasteiger partial charge in [0.1, 0.15) is 0 Å². The molecular weight excluding hydrogens is 198 g/mol. The first-order valence-corrected chi connectivity index (χ1v) is 5.29. The first-order valence-electron chi connectivity index (χ1n) is 4.91. The van der Waals surface area contributed by atoms with Crippen LogP contribution in [-0.4, -0.2) is 18.2 Å². The van der Waals surface area contributed by atoms with Crippen molar-refractivity contribution >= 4 is 17.3 Å². The summed E-state index contributed by atoms with van der Waals surface area (Å²) in [6.45, 7) is 3.89. The van der Waals surface area contributed by atoms with Crippen molar-refractivity contribution in [3.8, 4) is 0 Å². The number of benzene rings is 1. The number of rotatable bonds is 2. The van der Waals surface area contributed by atoms with E-state index in [1.807, 2.05) is 18.2 Å². The molecule has 0 amide bonds. The van der Waals surface area contributed by atoms with E-state index in [2.05, 4.69) is 4.90 Å². The van der Waals surface area contributed by atoms with E-state index in [4.69, 9.17) is 11.6 Å². The third-order valence-electron chi connectivity index (χ3n) is 2.64. The Labute approximate surface area is 89.1 Å². The number of anilines is 1. The summed E-state index contributed by atoms with van der Waals surface area (Å²) in [6, 6.07) is 5.78. The van der Waals surface area contributed by atoms with Gasteiger partial charge in [-0.3, -0.25) is 0 Å². The van der Waals surface area contributed by atoms with E-state index in [0.29, 0.717) is 5.02 Å². The Morgan fingerprint density at radius 2 is 2.14 bits per heavy atom. The van der Waals surface area contributed by atoms with Gasteiger partial charge in [0.2, 0.25) is 0 Å². The van der Waals surface area contributed by atoms with Crippen molar-refractivity contribution in [2.45, 2.75) is 19.4 Å². The van der Waals surface area contributed by atoms with Crippen LogP contribution in [0.2, 0.25) is 5.02 Å². The second kappa shape index (κ2) is 3.79. The SMILES string of the molecule is C[C@@H](O)c1c(Cl)cccc1N1CCC1. The van der Waals surface area contributed by atoms with Crippen molar-refractivity contribution in [1.29, 1.82) is 0 Å². The number of hydrogen-bond donors (Lipinski definition) is 1. The van der Waals surface area contributed by atoms with Crippen LogP contribution in [0, 0.1) is 0 Å². The third-order valence-corrected chi connectivity index (χ3v) is 2.97. The average Bonchev–Trinajstić information content (AvgIpc) is 1.99. The molecular formula is C11H14ClNO. The summed E-state index contributed by atoms with van der Waals surface area (Å²) in [6.07, 6.45) is 0.727. The van der Waals surface area contributed by atoms with E-state index in [0.717, 1.165) is 24.3 Å². The summed E-state index contributed by atoms with van der Waals surface area (Å²) in [4.78, 5) is 2.24. The molecule has 1 aliphatic heterocycles. The predicted octanol–water partition coefficient (Wildman–Crippen LogP) is 2.60. The highest BCUT2D eigenvalue weighted by Gasteiger charge is 2.21. The number of hydrogen-bond acceptors (Lipinski definition) is 2. The molecule has 1 heterocycles. The summed E-state index contributed by atoms with van der Waals surface area (Å²) in [7, 11) is 0. The van der Waals surface area contributed by atoms with Gasteiger partial charge >= 0.3 is 0 Å². The van der Waals surface area contributed by atoms with Gasteiger partial charge in [0.05, 0.1) is 6.10 Å². The second-order valence-corrected chi connectivity index (χ2v) is 4.10. The highest BCUT2D eigenvalue weighted by Crippen LogP contribution is 2.34. The topological polar surface area (TPSA) is 23.5 Å². The van der Waals surface area contributed by atoms with Gasteiger partial charge < -0.3 is 10.0 Å². The Morgan fingerprint density at radius 1 is 1.43 bits per heavy atom. The largest absolute Gasteiger partial charge is 0.389 e. The molecule has 0 bridgehead atoms. The maximum atomic E-state index is 9.64. The minimum atomic E-state index is -0.501. The van der Waals surface area contributed by atoms with E-state index in [1.54, 1.807) is 6.92 Å². The monoisotopic (exact) mass is 211 g/mol. The standard InChI is InChI=1S/C11H14ClNO/c1-8(14)11-9(12)4-2-5-10(11)13-6-3-7-13/h2,4-5,8,14H,3,6-7H2,1H3/t8-/m1/s1. The molecule has 1 atom stereocenters. The van der Waals surface area contributed by atoms with Gasteiger partial charge in [-0.25, -0.2) is 0 Å². The van der Waals surface area contributed by atoms with Crippen molar-refractivity contribution in [3.63, 3.8) is 0 Å². The Bertz CT molecular complexity index is 334. The summed E-state index contributed by atoms with van der Waals surface area (Å²) < 4.78 is 0. The summed E-state index contributed by atoms with van der Waals surface area (Å²) in [5, 5.41) is 10.3. The van der Waals surface area contributed by atoms with Crippen LogP contribution in [0.25, 0.3) is 0 Å². The maximum Gasteiger partial charge on any atom is 0.0796 e. The first-order chi connectivity index (χ1) is 6.70. The van der Waals surface area contributed by atoms with Gasteiger partial charge in [-0.1, -0.05) is 17.7 Å². The summed E-state index contributed by atoms with van der Waals surface area (Å²) in [5.41, 5.74) is 1.94. The molecule has 0 radical (unpaired) electrons. The number of halogens is 1. The van der Waals surface area contributed by atoms with E-state index in [9.17, 15) is 5.11 Å². The van der Waals surface area contributed by atoms with Crippen LogP contribution < -0.4 is 4.90 Å². The molecule has 0 saturated carbocycles. The summed E-state index contributed by atoms with van der Waals surface area (Å²) in [5.74, 6) is 0. The molecule has 1 aromatic rings. The fourth-order valence-electron chi connectivity index (χ4n) is 1.77. The number of nitrogens with zero attached hydrogens (tertiary/aromatic N) is 1. The zero-order valence-corrected chi connectivity index (χ0v) is 8.96. The van der Waals surface area contributed by atoms with Crippen LogP contribution in [0.5, 0.6) is 0 Å². The molecule has 0 aliphatic carbocycles. The van der Waals surface area contributed by atoms with Gasteiger partial charge in [0, 0.05) is 29.4 Å². The Balaban J connectivity index is 2.41. The molecule has 0 aromatic heterocycles. The molecule has 1 fully saturated rings. The molecule has 1 N–H and O–H groups in total. The molecule has 2 rings (SSSR count). The number of aliphatic hydroxyl groups is 1. The van der Waals surface area contributed by atoms with Crippen molar-refractivity contribution < 1.29 is 5.11 Å². The lowest BCUT2D eigenvalue weighted by Crippen LogP contribution is -2.37. The molecule has 0 unspecified atom stereocenters. The molecule has 3 heteroatoms. The second-order valence-electron chi connectivity index (χ2n) is 3.69. The van der Waals surface area contributed by atoms with Crippen molar-refractivity contribution in [2.24, 2.45) is 0 Å². The quantitative estimate of drug-likeness (QED) is 0.813. The van der Waals surface area contributed by atoms with E-state index in [-0.39, 0.29) is 0 Å². The van der Waals surface area contributed by atoms with Crippen LogP contribution in [0.15, 0.2) is 18.2 Å². The van der Waals surface area contributed by atoms with Crippen LogP contribution in [-0.2, 0) is 0 Å². The zero-order chi connectivity index (χ0) is 10.1. The first kappa shape index (κ1) is 9.81. The molecule has 0 spiro atoms. The van der Waals surface area contributed by atoms with Gasteiger partial charge in [-0.15, -0.1) is 0 Å². The van der Waals surface area contributed by atoms with Crippen molar-refractivity contribution in [1.82, 2.24) is 0 Å². The fourth-order valence-corrected chi connectivity index (χ4v) is 2.10. The van der Waals surface area contributed by atoms with Crippen LogP contribution in [0.1, 0.15) is 25.0 Å². The Hall–Kier alpha value is -0.730. The van der Waals surface area contributed by atoms with Crippen molar-refractivity contribution in [3.05, 3.63) is 28.8 Å². The van der Waals surface area contributed by atoms with Gasteiger partial charge in [0.15, 0.2) is 0 Å². The molecule has 1 aromatic carbocycles. The lowest BCUT2D eigenvalue weighted by atomic mass is 10.0. The van der Waals surface area contributed by atoms with Crippen molar-refractivity contribution in [2.75, 3.05) is 18.0 Å². The predicted molar refractivity (Wildman–Crippen MR) is 58.9 cm³/mol. The molecule has 1 saturated heterocycles. The molecule has 2 nitrogen and oxygen atoms in total. The summed E-state index contributed by atoms with van der Waals surface area (Å²) >= 11 is 6.06. The fraction of sp³-hybridized carbons (Fsp3) is 0.455. The normalized spacial score (nSPS) is 17.8. The molecule has 76 valence electrons.